The first-order chi connectivity index (χ1) is 15.1. The van der Waals surface area contributed by atoms with Crippen molar-refractivity contribution in [3.63, 3.8) is 0 Å². The van der Waals surface area contributed by atoms with E-state index in [-0.39, 0.29) is 11.7 Å². The number of thioether (sulfide) groups is 1. The lowest BCUT2D eigenvalue weighted by Gasteiger charge is -2.09. The van der Waals surface area contributed by atoms with Crippen LogP contribution in [-0.4, -0.2) is 26.4 Å². The van der Waals surface area contributed by atoms with E-state index in [9.17, 15) is 4.79 Å². The van der Waals surface area contributed by atoms with Crippen LogP contribution in [0.2, 0.25) is 5.02 Å². The van der Waals surface area contributed by atoms with E-state index in [1.54, 1.807) is 47.7 Å². The van der Waals surface area contributed by atoms with Crippen molar-refractivity contribution >= 4 is 46.3 Å². The summed E-state index contributed by atoms with van der Waals surface area (Å²) in [5, 5.41) is 14.6. The Kier molecular flexibility index (Phi) is 6.91. The molecule has 2 heterocycles. The quantitative estimate of drug-likeness (QED) is 0.337. The fourth-order valence-corrected chi connectivity index (χ4v) is 4.39. The number of hydrogen-bond acceptors (Lipinski definition) is 6. The molecule has 0 fully saturated rings. The van der Waals surface area contributed by atoms with Crippen molar-refractivity contribution < 1.29 is 9.53 Å². The summed E-state index contributed by atoms with van der Waals surface area (Å²) in [7, 11) is 1.92. The van der Waals surface area contributed by atoms with Crippen molar-refractivity contribution in [2.45, 2.75) is 11.6 Å². The first-order valence-electron chi connectivity index (χ1n) is 9.44. The summed E-state index contributed by atoms with van der Waals surface area (Å²) in [4.78, 5) is 13.6. The molecule has 4 rings (SSSR count). The number of rotatable bonds is 8. The summed E-state index contributed by atoms with van der Waals surface area (Å²) in [5.41, 5.74) is 0.688. The number of carbonyl (C=O) groups is 1. The van der Waals surface area contributed by atoms with Gasteiger partial charge < -0.3 is 14.6 Å². The lowest BCUT2D eigenvalue weighted by Crippen LogP contribution is -2.14. The Morgan fingerprint density at radius 3 is 2.68 bits per heavy atom. The minimum atomic E-state index is -0.118. The predicted molar refractivity (Wildman–Crippen MR) is 125 cm³/mol. The molecule has 0 unspecified atom stereocenters. The summed E-state index contributed by atoms with van der Waals surface area (Å²) in [5.74, 6) is 2.22. The standard InChI is InChI=1S/C22H19ClN4O2S2/c1-27-20(13-17-5-4-12-30-17)25-26-22(27)31-14-21(28)24-15-8-10-16(11-9-15)29-19-7-3-2-6-18(19)23/h2-12H,13-14H2,1H3,(H,24,28). The van der Waals surface area contributed by atoms with Gasteiger partial charge in [0.05, 0.1) is 10.8 Å². The summed E-state index contributed by atoms with van der Waals surface area (Å²) < 4.78 is 7.69. The van der Waals surface area contributed by atoms with Crippen LogP contribution in [0.5, 0.6) is 11.5 Å². The largest absolute Gasteiger partial charge is 0.456 e. The van der Waals surface area contributed by atoms with Crippen molar-refractivity contribution in [2.75, 3.05) is 11.1 Å². The number of ether oxygens (including phenoxy) is 1. The molecule has 9 heteroatoms. The van der Waals surface area contributed by atoms with Crippen LogP contribution >= 0.6 is 34.7 Å². The second-order valence-electron chi connectivity index (χ2n) is 6.61. The van der Waals surface area contributed by atoms with Gasteiger partial charge in [0, 0.05) is 24.0 Å². The third-order valence-electron chi connectivity index (χ3n) is 4.37. The number of nitrogens with one attached hydrogen (secondary N) is 1. The van der Waals surface area contributed by atoms with Gasteiger partial charge in [0.15, 0.2) is 5.16 Å². The minimum absolute atomic E-state index is 0.118. The number of carbonyl (C=O) groups excluding carboxylic acids is 1. The zero-order chi connectivity index (χ0) is 21.6. The molecule has 6 nitrogen and oxygen atoms in total. The number of nitrogens with zero attached hydrogens (tertiary/aromatic N) is 3. The molecule has 0 saturated heterocycles. The molecule has 0 aliphatic rings. The molecule has 158 valence electrons. The molecule has 2 aromatic heterocycles. The van der Waals surface area contributed by atoms with Crippen LogP contribution in [0.15, 0.2) is 71.2 Å². The van der Waals surface area contributed by atoms with Gasteiger partial charge in [-0.1, -0.05) is 41.6 Å². The zero-order valence-electron chi connectivity index (χ0n) is 16.6. The van der Waals surface area contributed by atoms with E-state index in [1.165, 1.54) is 16.6 Å². The Labute approximate surface area is 193 Å². The average molecular weight is 471 g/mol. The highest BCUT2D eigenvalue weighted by atomic mass is 35.5. The minimum Gasteiger partial charge on any atom is -0.456 e. The first-order valence-corrected chi connectivity index (χ1v) is 11.7. The first kappa shape index (κ1) is 21.4. The van der Waals surface area contributed by atoms with E-state index in [0.29, 0.717) is 27.4 Å². The molecule has 0 aliphatic carbocycles. The molecular formula is C22H19ClN4O2S2. The second-order valence-corrected chi connectivity index (χ2v) is 8.99. The van der Waals surface area contributed by atoms with Gasteiger partial charge in [-0.3, -0.25) is 4.79 Å². The Morgan fingerprint density at radius 1 is 1.13 bits per heavy atom. The Hall–Kier alpha value is -2.81. The normalized spacial score (nSPS) is 10.8. The zero-order valence-corrected chi connectivity index (χ0v) is 19.0. The van der Waals surface area contributed by atoms with E-state index < -0.39 is 0 Å². The van der Waals surface area contributed by atoms with E-state index in [0.717, 1.165) is 12.2 Å². The molecule has 2 aromatic carbocycles. The SMILES string of the molecule is Cn1c(Cc2cccs2)nnc1SCC(=O)Nc1ccc(Oc2ccccc2Cl)cc1. The number of benzene rings is 2. The van der Waals surface area contributed by atoms with Gasteiger partial charge in [-0.2, -0.15) is 0 Å². The fourth-order valence-electron chi connectivity index (χ4n) is 2.78. The third kappa shape index (κ3) is 5.66. The number of thiophene rings is 1. The van der Waals surface area contributed by atoms with Crippen LogP contribution in [-0.2, 0) is 18.3 Å². The molecule has 31 heavy (non-hydrogen) atoms. The maximum Gasteiger partial charge on any atom is 0.234 e. The second kappa shape index (κ2) is 10.00. The summed E-state index contributed by atoms with van der Waals surface area (Å²) in [6.07, 6.45) is 0.733. The van der Waals surface area contributed by atoms with Gasteiger partial charge in [-0.25, -0.2) is 0 Å². The molecule has 0 spiro atoms. The van der Waals surface area contributed by atoms with Crippen LogP contribution < -0.4 is 10.1 Å². The number of halogens is 1. The number of amides is 1. The lowest BCUT2D eigenvalue weighted by molar-refractivity contribution is -0.113. The van der Waals surface area contributed by atoms with E-state index in [4.69, 9.17) is 16.3 Å². The van der Waals surface area contributed by atoms with Crippen LogP contribution in [0.4, 0.5) is 5.69 Å². The van der Waals surface area contributed by atoms with E-state index >= 15 is 0 Å². The molecule has 0 aliphatic heterocycles. The summed E-state index contributed by atoms with van der Waals surface area (Å²) >= 11 is 9.16. The Balaban J connectivity index is 1.29. The third-order valence-corrected chi connectivity index (χ3v) is 6.58. The van der Waals surface area contributed by atoms with Gasteiger partial charge in [-0.05, 0) is 47.8 Å². The molecule has 0 saturated carbocycles. The Morgan fingerprint density at radius 2 is 1.94 bits per heavy atom. The molecule has 0 bridgehead atoms. The van der Waals surface area contributed by atoms with Gasteiger partial charge in [0.25, 0.3) is 0 Å². The number of aromatic nitrogens is 3. The summed E-state index contributed by atoms with van der Waals surface area (Å²) in [6, 6.07) is 18.5. The van der Waals surface area contributed by atoms with Crippen LogP contribution in [0.25, 0.3) is 0 Å². The van der Waals surface area contributed by atoms with Crippen molar-refractivity contribution in [3.8, 4) is 11.5 Å². The highest BCUT2D eigenvalue weighted by molar-refractivity contribution is 7.99. The lowest BCUT2D eigenvalue weighted by atomic mass is 10.3. The summed E-state index contributed by atoms with van der Waals surface area (Å²) in [6.45, 7) is 0. The maximum absolute atomic E-state index is 12.3. The molecule has 4 aromatic rings. The van der Waals surface area contributed by atoms with Crippen molar-refractivity contribution in [3.05, 3.63) is 81.8 Å². The van der Waals surface area contributed by atoms with Crippen molar-refractivity contribution in [1.82, 2.24) is 14.8 Å². The van der Waals surface area contributed by atoms with Crippen LogP contribution in [0.1, 0.15) is 10.7 Å². The monoisotopic (exact) mass is 470 g/mol. The molecule has 1 N–H and O–H groups in total. The number of anilines is 1. The van der Waals surface area contributed by atoms with Gasteiger partial charge in [0.2, 0.25) is 5.91 Å². The van der Waals surface area contributed by atoms with Gasteiger partial charge in [0.1, 0.15) is 17.3 Å². The fraction of sp³-hybridized carbons (Fsp3) is 0.136. The highest BCUT2D eigenvalue weighted by Crippen LogP contribution is 2.29. The molecule has 1 amide bonds. The predicted octanol–water partition coefficient (Wildman–Crippen LogP) is 5.64. The van der Waals surface area contributed by atoms with E-state index in [2.05, 4.69) is 21.6 Å². The molecular weight excluding hydrogens is 452 g/mol. The van der Waals surface area contributed by atoms with Gasteiger partial charge in [-0.15, -0.1) is 21.5 Å². The topological polar surface area (TPSA) is 69.0 Å². The number of para-hydroxylation sites is 1. The highest BCUT2D eigenvalue weighted by Gasteiger charge is 2.12. The van der Waals surface area contributed by atoms with E-state index in [1.807, 2.05) is 35.2 Å². The maximum atomic E-state index is 12.3. The van der Waals surface area contributed by atoms with Gasteiger partial charge >= 0.3 is 0 Å². The van der Waals surface area contributed by atoms with Crippen molar-refractivity contribution in [1.29, 1.82) is 0 Å². The van der Waals surface area contributed by atoms with Crippen LogP contribution in [0, 0.1) is 0 Å². The smallest absolute Gasteiger partial charge is 0.234 e. The Bertz CT molecular complexity index is 1160. The average Bonchev–Trinajstić information content (AvgIpc) is 3.40. The number of hydrogen-bond donors (Lipinski definition) is 1. The van der Waals surface area contributed by atoms with Crippen molar-refractivity contribution in [2.24, 2.45) is 7.05 Å². The molecule has 0 radical (unpaired) electrons. The molecule has 0 atom stereocenters. The van der Waals surface area contributed by atoms with Crippen LogP contribution in [0.3, 0.4) is 0 Å².